The molecule has 0 aromatic heterocycles. The topological polar surface area (TPSA) is 75.3 Å². The van der Waals surface area contributed by atoms with Gasteiger partial charge in [0.2, 0.25) is 5.91 Å². The molecule has 4 nitrogen and oxygen atoms in total. The highest BCUT2D eigenvalue weighted by Crippen LogP contribution is 2.25. The van der Waals surface area contributed by atoms with Gasteiger partial charge in [-0.25, -0.2) is 4.39 Å². The Kier molecular flexibility index (Phi) is 4.67. The fourth-order valence-corrected chi connectivity index (χ4v) is 1.85. The van der Waals surface area contributed by atoms with Crippen LogP contribution in [0.15, 0.2) is 18.2 Å². The van der Waals surface area contributed by atoms with Gasteiger partial charge in [-0.05, 0) is 18.9 Å². The number of phenols is 1. The molecule has 0 aliphatic rings. The zero-order valence-corrected chi connectivity index (χ0v) is 10.8. The molecule has 0 radical (unpaired) electrons. The predicted molar refractivity (Wildman–Crippen MR) is 67.4 cm³/mol. The highest BCUT2D eigenvalue weighted by molar-refractivity contribution is 5.80. The number of primary amides is 1. The van der Waals surface area contributed by atoms with Crippen LogP contribution in [-0.4, -0.2) is 17.1 Å². The molecule has 1 rings (SSSR count). The third-order valence-corrected chi connectivity index (χ3v) is 2.86. The molecule has 1 aromatic rings. The zero-order chi connectivity index (χ0) is 13.9. The quantitative estimate of drug-likeness (QED) is 0.748. The summed E-state index contributed by atoms with van der Waals surface area (Å²) in [6, 6.07) is 3.00. The average Bonchev–Trinajstić information content (AvgIpc) is 2.24. The summed E-state index contributed by atoms with van der Waals surface area (Å²) in [5, 5.41) is 12.7. The molecular weight excluding hydrogens is 235 g/mol. The third kappa shape index (κ3) is 3.43. The molecule has 1 aromatic carbocycles. The molecular formula is C13H19FN2O2. The number of hydrogen-bond acceptors (Lipinski definition) is 3. The van der Waals surface area contributed by atoms with Crippen LogP contribution in [0, 0.1) is 11.7 Å². The number of nitrogens with two attached hydrogens (primary N) is 1. The number of carbonyl (C=O) groups excluding carboxylic acids is 1. The van der Waals surface area contributed by atoms with E-state index in [2.05, 4.69) is 5.32 Å². The molecule has 100 valence electrons. The van der Waals surface area contributed by atoms with Crippen LogP contribution in [0.2, 0.25) is 0 Å². The Labute approximate surface area is 106 Å². The summed E-state index contributed by atoms with van der Waals surface area (Å²) in [5.74, 6) is -1.05. The lowest BCUT2D eigenvalue weighted by molar-refractivity contribution is -0.121. The molecule has 4 N–H and O–H groups in total. The fraction of sp³-hybridized carbons (Fsp3) is 0.462. The highest BCUT2D eigenvalue weighted by atomic mass is 19.1. The minimum absolute atomic E-state index is 0.0348. The molecule has 0 fully saturated rings. The van der Waals surface area contributed by atoms with Crippen LogP contribution in [0.1, 0.15) is 32.4 Å². The van der Waals surface area contributed by atoms with E-state index in [-0.39, 0.29) is 17.7 Å². The molecule has 0 saturated heterocycles. The van der Waals surface area contributed by atoms with Gasteiger partial charge in [0, 0.05) is 17.7 Å². The first-order valence-corrected chi connectivity index (χ1v) is 5.86. The second kappa shape index (κ2) is 5.82. The molecule has 18 heavy (non-hydrogen) atoms. The van der Waals surface area contributed by atoms with Crippen molar-refractivity contribution in [2.75, 3.05) is 0 Å². The molecule has 1 amide bonds. The van der Waals surface area contributed by atoms with Crippen LogP contribution in [0.3, 0.4) is 0 Å². The summed E-state index contributed by atoms with van der Waals surface area (Å²) in [6.07, 6.45) is 0. The largest absolute Gasteiger partial charge is 0.508 e. The lowest BCUT2D eigenvalue weighted by Gasteiger charge is -2.24. The summed E-state index contributed by atoms with van der Waals surface area (Å²) in [6.45, 7) is 5.53. The number of amides is 1. The van der Waals surface area contributed by atoms with Crippen molar-refractivity contribution < 1.29 is 14.3 Å². The maximum absolute atomic E-state index is 12.9. The second-order valence-electron chi connectivity index (χ2n) is 4.72. The van der Waals surface area contributed by atoms with E-state index in [9.17, 15) is 14.3 Å². The van der Waals surface area contributed by atoms with Gasteiger partial charge in [0.1, 0.15) is 11.6 Å². The lowest BCUT2D eigenvalue weighted by Crippen LogP contribution is -2.45. The van der Waals surface area contributed by atoms with Crippen molar-refractivity contribution in [2.24, 2.45) is 11.7 Å². The molecule has 5 heteroatoms. The molecule has 0 aliphatic carbocycles. The smallest absolute Gasteiger partial charge is 0.234 e. The maximum Gasteiger partial charge on any atom is 0.234 e. The van der Waals surface area contributed by atoms with E-state index in [1.807, 2.05) is 13.8 Å². The first-order valence-electron chi connectivity index (χ1n) is 5.86. The summed E-state index contributed by atoms with van der Waals surface area (Å²) < 4.78 is 12.9. The van der Waals surface area contributed by atoms with Crippen molar-refractivity contribution in [1.29, 1.82) is 0 Å². The van der Waals surface area contributed by atoms with Gasteiger partial charge in [-0.15, -0.1) is 0 Å². The van der Waals surface area contributed by atoms with Crippen LogP contribution in [0.5, 0.6) is 5.75 Å². The van der Waals surface area contributed by atoms with Gasteiger partial charge in [0.05, 0.1) is 6.04 Å². The van der Waals surface area contributed by atoms with Gasteiger partial charge in [0.25, 0.3) is 0 Å². The van der Waals surface area contributed by atoms with Gasteiger partial charge in [-0.1, -0.05) is 19.9 Å². The van der Waals surface area contributed by atoms with E-state index >= 15 is 0 Å². The monoisotopic (exact) mass is 254 g/mol. The standard InChI is InChI=1S/C13H19FN2O2/c1-7(2)12(13(15)18)16-8(3)10-5-4-9(14)6-11(10)17/h4-8,12,16-17H,1-3H3,(H2,15,18). The Morgan fingerprint density at radius 2 is 2.00 bits per heavy atom. The van der Waals surface area contributed by atoms with Crippen molar-refractivity contribution in [2.45, 2.75) is 32.9 Å². The average molecular weight is 254 g/mol. The Hall–Kier alpha value is -1.62. The van der Waals surface area contributed by atoms with E-state index in [0.717, 1.165) is 6.07 Å². The van der Waals surface area contributed by atoms with Gasteiger partial charge in [0.15, 0.2) is 0 Å². The predicted octanol–water partition coefficient (Wildman–Crippen LogP) is 1.69. The zero-order valence-electron chi connectivity index (χ0n) is 10.8. The Morgan fingerprint density at radius 3 is 2.44 bits per heavy atom. The number of nitrogens with one attached hydrogen (secondary N) is 1. The first kappa shape index (κ1) is 14.4. The highest BCUT2D eigenvalue weighted by Gasteiger charge is 2.22. The Bertz CT molecular complexity index is 435. The fourth-order valence-electron chi connectivity index (χ4n) is 1.85. The van der Waals surface area contributed by atoms with Gasteiger partial charge >= 0.3 is 0 Å². The normalized spacial score (nSPS) is 14.5. The number of phenolic OH excluding ortho intramolecular Hbond substituents is 1. The molecule has 0 aliphatic heterocycles. The maximum atomic E-state index is 12.9. The summed E-state index contributed by atoms with van der Waals surface area (Å²) in [4.78, 5) is 11.3. The van der Waals surface area contributed by atoms with E-state index in [0.29, 0.717) is 5.56 Å². The summed E-state index contributed by atoms with van der Waals surface area (Å²) >= 11 is 0. The molecule has 2 atom stereocenters. The number of carbonyl (C=O) groups is 1. The minimum atomic E-state index is -0.501. The molecule has 2 unspecified atom stereocenters. The number of benzene rings is 1. The first-order chi connectivity index (χ1) is 8.32. The lowest BCUT2D eigenvalue weighted by atomic mass is 10.00. The van der Waals surface area contributed by atoms with E-state index in [1.165, 1.54) is 12.1 Å². The van der Waals surface area contributed by atoms with Gasteiger partial charge < -0.3 is 10.8 Å². The van der Waals surface area contributed by atoms with Gasteiger partial charge in [-0.2, -0.15) is 0 Å². The van der Waals surface area contributed by atoms with E-state index < -0.39 is 17.8 Å². The minimum Gasteiger partial charge on any atom is -0.508 e. The van der Waals surface area contributed by atoms with E-state index in [1.54, 1.807) is 6.92 Å². The second-order valence-corrected chi connectivity index (χ2v) is 4.72. The van der Waals surface area contributed by atoms with Crippen LogP contribution >= 0.6 is 0 Å². The SMILES string of the molecule is CC(NC(C(N)=O)C(C)C)c1ccc(F)cc1O. The third-order valence-electron chi connectivity index (χ3n) is 2.86. The molecule has 0 spiro atoms. The molecule has 0 bridgehead atoms. The van der Waals surface area contributed by atoms with Crippen molar-refractivity contribution in [3.63, 3.8) is 0 Å². The van der Waals surface area contributed by atoms with Gasteiger partial charge in [-0.3, -0.25) is 10.1 Å². The molecule has 0 heterocycles. The van der Waals surface area contributed by atoms with Crippen molar-refractivity contribution >= 4 is 5.91 Å². The molecule has 0 saturated carbocycles. The van der Waals surface area contributed by atoms with Crippen molar-refractivity contribution in [3.8, 4) is 5.75 Å². The van der Waals surface area contributed by atoms with Crippen molar-refractivity contribution in [3.05, 3.63) is 29.6 Å². The number of halogens is 1. The Morgan fingerprint density at radius 1 is 1.39 bits per heavy atom. The number of hydrogen-bond donors (Lipinski definition) is 3. The van der Waals surface area contributed by atoms with Crippen LogP contribution in [0.25, 0.3) is 0 Å². The number of aromatic hydroxyl groups is 1. The van der Waals surface area contributed by atoms with Crippen LogP contribution in [0.4, 0.5) is 4.39 Å². The summed E-state index contributed by atoms with van der Waals surface area (Å²) in [5.41, 5.74) is 5.83. The number of rotatable bonds is 5. The van der Waals surface area contributed by atoms with Crippen molar-refractivity contribution in [1.82, 2.24) is 5.32 Å². The summed E-state index contributed by atoms with van der Waals surface area (Å²) in [7, 11) is 0. The Balaban J connectivity index is 2.87. The van der Waals surface area contributed by atoms with E-state index in [4.69, 9.17) is 5.73 Å². The van der Waals surface area contributed by atoms with Crippen LogP contribution < -0.4 is 11.1 Å². The van der Waals surface area contributed by atoms with Crippen LogP contribution in [-0.2, 0) is 4.79 Å².